The fourth-order valence-corrected chi connectivity index (χ4v) is 2.45. The summed E-state index contributed by atoms with van der Waals surface area (Å²) in [4.78, 5) is 18.2. The summed E-state index contributed by atoms with van der Waals surface area (Å²) in [6.07, 6.45) is 2.50. The molecule has 0 aliphatic rings. The summed E-state index contributed by atoms with van der Waals surface area (Å²) >= 11 is 0. The summed E-state index contributed by atoms with van der Waals surface area (Å²) < 4.78 is 0. The smallest absolute Gasteiger partial charge is 0.221 e. The van der Waals surface area contributed by atoms with E-state index in [0.717, 1.165) is 38.4 Å². The van der Waals surface area contributed by atoms with Gasteiger partial charge in [-0.3, -0.25) is 14.7 Å². The molecule has 0 atom stereocenters. The third kappa shape index (κ3) is 12.8. The lowest BCUT2D eigenvalue weighted by Gasteiger charge is -2.30. The standard InChI is InChI=1S/C17H37N5O.HI/c1-7-10-19-16(23)9-12-21-17(18-6)20-11-8-13-22(14(2)3)15(4)5;/h14-15H,7-13H2,1-6H3,(H,19,23)(H2,18,20,21);1H. The fraction of sp³-hybridized carbons (Fsp3) is 0.882. The summed E-state index contributed by atoms with van der Waals surface area (Å²) in [7, 11) is 1.75. The summed E-state index contributed by atoms with van der Waals surface area (Å²) in [5, 5.41) is 9.34. The molecule has 0 saturated heterocycles. The molecule has 0 aromatic carbocycles. The zero-order chi connectivity index (χ0) is 17.7. The van der Waals surface area contributed by atoms with Crippen LogP contribution in [0, 0.1) is 0 Å². The Kier molecular flexibility index (Phi) is 17.0. The number of hydrogen-bond acceptors (Lipinski definition) is 3. The molecule has 0 aromatic rings. The zero-order valence-electron chi connectivity index (χ0n) is 16.3. The molecule has 3 N–H and O–H groups in total. The highest BCUT2D eigenvalue weighted by Gasteiger charge is 2.12. The van der Waals surface area contributed by atoms with Gasteiger partial charge in [-0.15, -0.1) is 24.0 Å². The minimum Gasteiger partial charge on any atom is -0.356 e. The molecule has 0 radical (unpaired) electrons. The van der Waals surface area contributed by atoms with Crippen LogP contribution in [0.2, 0.25) is 0 Å². The van der Waals surface area contributed by atoms with Crippen molar-refractivity contribution >= 4 is 35.8 Å². The van der Waals surface area contributed by atoms with Gasteiger partial charge < -0.3 is 16.0 Å². The molecule has 0 heterocycles. The Bertz CT molecular complexity index is 340. The number of rotatable bonds is 11. The number of nitrogens with zero attached hydrogens (tertiary/aromatic N) is 2. The normalized spacial score (nSPS) is 11.6. The first-order valence-electron chi connectivity index (χ1n) is 8.89. The van der Waals surface area contributed by atoms with Crippen molar-refractivity contribution in [1.29, 1.82) is 0 Å². The average molecular weight is 455 g/mol. The fourth-order valence-electron chi connectivity index (χ4n) is 2.45. The molecule has 0 rings (SSSR count). The van der Waals surface area contributed by atoms with Crippen LogP contribution in [0.4, 0.5) is 0 Å². The largest absolute Gasteiger partial charge is 0.356 e. The molecule has 144 valence electrons. The quantitative estimate of drug-likeness (QED) is 0.193. The van der Waals surface area contributed by atoms with Crippen molar-refractivity contribution in [3.63, 3.8) is 0 Å². The van der Waals surface area contributed by atoms with E-state index in [9.17, 15) is 4.79 Å². The Balaban J connectivity index is 0. The Morgan fingerprint density at radius 1 is 1.00 bits per heavy atom. The van der Waals surface area contributed by atoms with E-state index in [1.807, 2.05) is 6.92 Å². The van der Waals surface area contributed by atoms with Gasteiger partial charge in [0.05, 0.1) is 0 Å². The second-order valence-corrected chi connectivity index (χ2v) is 6.30. The van der Waals surface area contributed by atoms with Gasteiger partial charge in [0.15, 0.2) is 5.96 Å². The Morgan fingerprint density at radius 3 is 2.08 bits per heavy atom. The lowest BCUT2D eigenvalue weighted by molar-refractivity contribution is -0.120. The van der Waals surface area contributed by atoms with Gasteiger partial charge in [0.1, 0.15) is 0 Å². The highest BCUT2D eigenvalue weighted by Crippen LogP contribution is 2.05. The third-order valence-corrected chi connectivity index (χ3v) is 3.65. The highest BCUT2D eigenvalue weighted by atomic mass is 127. The molecule has 0 aliphatic heterocycles. The number of nitrogens with one attached hydrogen (secondary N) is 3. The number of amides is 1. The van der Waals surface area contributed by atoms with Crippen LogP contribution in [-0.2, 0) is 4.79 Å². The first-order chi connectivity index (χ1) is 10.9. The van der Waals surface area contributed by atoms with Crippen molar-refractivity contribution in [2.75, 3.05) is 33.2 Å². The molecule has 0 aromatic heterocycles. The van der Waals surface area contributed by atoms with Crippen LogP contribution in [0.3, 0.4) is 0 Å². The van der Waals surface area contributed by atoms with Crippen molar-refractivity contribution in [2.24, 2.45) is 4.99 Å². The molecule has 7 heteroatoms. The van der Waals surface area contributed by atoms with Gasteiger partial charge in [-0.25, -0.2) is 0 Å². The van der Waals surface area contributed by atoms with Gasteiger partial charge in [0, 0.05) is 51.7 Å². The molecule has 24 heavy (non-hydrogen) atoms. The van der Waals surface area contributed by atoms with E-state index in [0.29, 0.717) is 25.0 Å². The molecule has 1 amide bonds. The highest BCUT2D eigenvalue weighted by molar-refractivity contribution is 14.0. The lowest BCUT2D eigenvalue weighted by Crippen LogP contribution is -2.42. The van der Waals surface area contributed by atoms with Crippen LogP contribution in [0.15, 0.2) is 4.99 Å². The van der Waals surface area contributed by atoms with Crippen molar-refractivity contribution in [2.45, 2.75) is 66.0 Å². The molecule has 0 fully saturated rings. The summed E-state index contributed by atoms with van der Waals surface area (Å²) in [6, 6.07) is 1.13. The van der Waals surface area contributed by atoms with E-state index in [4.69, 9.17) is 0 Å². The Labute approximate surface area is 165 Å². The minimum atomic E-state index is 0. The van der Waals surface area contributed by atoms with E-state index in [2.05, 4.69) is 53.5 Å². The topological polar surface area (TPSA) is 68.8 Å². The van der Waals surface area contributed by atoms with Crippen LogP contribution >= 0.6 is 24.0 Å². The van der Waals surface area contributed by atoms with Crippen LogP contribution < -0.4 is 16.0 Å². The molecular formula is C17H38IN5O. The second-order valence-electron chi connectivity index (χ2n) is 6.30. The Hall–Kier alpha value is -0.570. The van der Waals surface area contributed by atoms with Gasteiger partial charge >= 0.3 is 0 Å². The predicted molar refractivity (Wildman–Crippen MR) is 114 cm³/mol. The number of carbonyl (C=O) groups is 1. The molecule has 0 unspecified atom stereocenters. The zero-order valence-corrected chi connectivity index (χ0v) is 18.6. The molecule has 6 nitrogen and oxygen atoms in total. The number of hydrogen-bond donors (Lipinski definition) is 3. The number of halogens is 1. The van der Waals surface area contributed by atoms with Crippen LogP contribution in [0.1, 0.15) is 53.9 Å². The summed E-state index contributed by atoms with van der Waals surface area (Å²) in [5.41, 5.74) is 0. The van der Waals surface area contributed by atoms with E-state index in [-0.39, 0.29) is 29.9 Å². The number of carbonyl (C=O) groups excluding carboxylic acids is 1. The lowest BCUT2D eigenvalue weighted by atomic mass is 10.2. The maximum absolute atomic E-state index is 11.5. The van der Waals surface area contributed by atoms with Crippen LogP contribution in [0.25, 0.3) is 0 Å². The third-order valence-electron chi connectivity index (χ3n) is 3.65. The van der Waals surface area contributed by atoms with Crippen molar-refractivity contribution < 1.29 is 4.79 Å². The number of aliphatic imine (C=N–C) groups is 1. The average Bonchev–Trinajstić information content (AvgIpc) is 2.50. The number of guanidine groups is 1. The maximum Gasteiger partial charge on any atom is 0.221 e. The minimum absolute atomic E-state index is 0. The van der Waals surface area contributed by atoms with Gasteiger partial charge in [-0.1, -0.05) is 6.92 Å². The summed E-state index contributed by atoms with van der Waals surface area (Å²) in [5.74, 6) is 0.841. The first kappa shape index (κ1) is 25.7. The Morgan fingerprint density at radius 2 is 1.58 bits per heavy atom. The van der Waals surface area contributed by atoms with Crippen molar-refractivity contribution in [1.82, 2.24) is 20.9 Å². The van der Waals surface area contributed by atoms with E-state index in [1.54, 1.807) is 7.05 Å². The predicted octanol–water partition coefficient (Wildman–Crippen LogP) is 2.19. The molecular weight excluding hydrogens is 417 g/mol. The van der Waals surface area contributed by atoms with E-state index >= 15 is 0 Å². The van der Waals surface area contributed by atoms with Crippen LogP contribution in [-0.4, -0.2) is 62.1 Å². The molecule has 0 spiro atoms. The molecule has 0 bridgehead atoms. The van der Waals surface area contributed by atoms with Crippen molar-refractivity contribution in [3.8, 4) is 0 Å². The van der Waals surface area contributed by atoms with E-state index < -0.39 is 0 Å². The van der Waals surface area contributed by atoms with Crippen molar-refractivity contribution in [3.05, 3.63) is 0 Å². The monoisotopic (exact) mass is 455 g/mol. The first-order valence-corrected chi connectivity index (χ1v) is 8.89. The van der Waals surface area contributed by atoms with Gasteiger partial charge in [-0.2, -0.15) is 0 Å². The maximum atomic E-state index is 11.5. The van der Waals surface area contributed by atoms with Crippen LogP contribution in [0.5, 0.6) is 0 Å². The molecule has 0 saturated carbocycles. The van der Waals surface area contributed by atoms with Gasteiger partial charge in [0.25, 0.3) is 0 Å². The molecule has 0 aliphatic carbocycles. The van der Waals surface area contributed by atoms with E-state index in [1.165, 1.54) is 0 Å². The van der Waals surface area contributed by atoms with Gasteiger partial charge in [-0.05, 0) is 40.5 Å². The SMILES string of the molecule is CCCNC(=O)CCNC(=NC)NCCCN(C(C)C)C(C)C.I. The van der Waals surface area contributed by atoms with Gasteiger partial charge in [0.2, 0.25) is 5.91 Å². The second kappa shape index (κ2) is 15.9. The summed E-state index contributed by atoms with van der Waals surface area (Å²) in [6.45, 7) is 14.3.